The van der Waals surface area contributed by atoms with E-state index in [9.17, 15) is 9.90 Å². The highest BCUT2D eigenvalue weighted by molar-refractivity contribution is 5.76. The van der Waals surface area contributed by atoms with Crippen LogP contribution in [0.2, 0.25) is 0 Å². The van der Waals surface area contributed by atoms with Gasteiger partial charge in [-0.05, 0) is 51.3 Å². The van der Waals surface area contributed by atoms with Crippen LogP contribution in [-0.2, 0) is 4.79 Å². The number of benzene rings is 1. The Kier molecular flexibility index (Phi) is 7.43. The summed E-state index contributed by atoms with van der Waals surface area (Å²) in [6.45, 7) is 6.88. The van der Waals surface area contributed by atoms with Gasteiger partial charge in [0.1, 0.15) is 17.7 Å². The molecule has 11 nitrogen and oxygen atoms in total. The zero-order valence-corrected chi connectivity index (χ0v) is 21.7. The van der Waals surface area contributed by atoms with Crippen molar-refractivity contribution in [1.29, 1.82) is 0 Å². The van der Waals surface area contributed by atoms with Gasteiger partial charge in [0.15, 0.2) is 17.3 Å². The molecule has 1 unspecified atom stereocenters. The molecule has 0 bridgehead atoms. The third-order valence-corrected chi connectivity index (χ3v) is 6.96. The second kappa shape index (κ2) is 11.1. The van der Waals surface area contributed by atoms with Crippen LogP contribution < -0.4 is 24.6 Å². The standard InChI is InChI=1S/C27H33N7O4/c1-3-37-20-8-4-5-9-21(20)38-19-7-6-13-33(17-19)24-16-28-15-22(30-24)31-26-29-12-10-23(32-26)34-14-11-27(2,18-34)25(35)36/h4-5,8-10,12,15-16,19H,3,6-7,11,13-14,17-18H2,1-2H3,(H,35,36)(H,29,30,31,32)/t19-,27?/m1/s1. The van der Waals surface area contributed by atoms with Gasteiger partial charge in [-0.2, -0.15) is 4.98 Å². The molecule has 2 fully saturated rings. The van der Waals surface area contributed by atoms with Crippen LogP contribution >= 0.6 is 0 Å². The van der Waals surface area contributed by atoms with E-state index < -0.39 is 11.4 Å². The van der Waals surface area contributed by atoms with Crippen molar-refractivity contribution < 1.29 is 19.4 Å². The zero-order chi connectivity index (χ0) is 26.5. The highest BCUT2D eigenvalue weighted by Crippen LogP contribution is 2.33. The molecule has 2 aromatic heterocycles. The Morgan fingerprint density at radius 3 is 2.76 bits per heavy atom. The fourth-order valence-corrected chi connectivity index (χ4v) is 4.84. The molecule has 5 rings (SSSR count). The number of aliphatic carboxylic acids is 1. The minimum Gasteiger partial charge on any atom is -0.490 e. The Labute approximate surface area is 221 Å². The lowest BCUT2D eigenvalue weighted by Crippen LogP contribution is -2.41. The van der Waals surface area contributed by atoms with E-state index in [4.69, 9.17) is 14.5 Å². The lowest BCUT2D eigenvalue weighted by atomic mass is 9.90. The molecule has 2 saturated heterocycles. The number of ether oxygens (including phenoxy) is 2. The van der Waals surface area contributed by atoms with Gasteiger partial charge in [-0.15, -0.1) is 0 Å². The van der Waals surface area contributed by atoms with Gasteiger partial charge in [0.05, 0.1) is 31.0 Å². The summed E-state index contributed by atoms with van der Waals surface area (Å²) in [5.41, 5.74) is -0.778. The van der Waals surface area contributed by atoms with E-state index in [2.05, 4.69) is 25.2 Å². The van der Waals surface area contributed by atoms with Gasteiger partial charge in [-0.1, -0.05) is 12.1 Å². The molecule has 1 aromatic carbocycles. The van der Waals surface area contributed by atoms with Gasteiger partial charge in [-0.25, -0.2) is 9.97 Å². The maximum absolute atomic E-state index is 11.6. The first kappa shape index (κ1) is 25.5. The van der Waals surface area contributed by atoms with Crippen LogP contribution in [-0.4, -0.2) is 69.9 Å². The van der Waals surface area contributed by atoms with Gasteiger partial charge in [-0.3, -0.25) is 9.78 Å². The van der Waals surface area contributed by atoms with Crippen LogP contribution in [0.1, 0.15) is 33.1 Å². The number of nitrogens with one attached hydrogen (secondary N) is 1. The van der Waals surface area contributed by atoms with Gasteiger partial charge in [0, 0.05) is 25.8 Å². The van der Waals surface area contributed by atoms with Gasteiger partial charge in [0.25, 0.3) is 0 Å². The Hall–Kier alpha value is -4.15. The normalized spacial score (nSPS) is 21.3. The fourth-order valence-electron chi connectivity index (χ4n) is 4.84. The summed E-state index contributed by atoms with van der Waals surface area (Å²) >= 11 is 0. The monoisotopic (exact) mass is 519 g/mol. The average Bonchev–Trinajstić information content (AvgIpc) is 3.34. The number of carbonyl (C=O) groups is 1. The summed E-state index contributed by atoms with van der Waals surface area (Å²) in [7, 11) is 0. The molecule has 3 aromatic rings. The van der Waals surface area contributed by atoms with E-state index in [0.717, 1.165) is 36.7 Å². The first-order valence-electron chi connectivity index (χ1n) is 13.0. The fraction of sp³-hybridized carbons (Fsp3) is 0.444. The van der Waals surface area contributed by atoms with Crippen LogP contribution in [0.5, 0.6) is 11.5 Å². The minimum atomic E-state index is -0.789. The van der Waals surface area contributed by atoms with E-state index in [0.29, 0.717) is 50.2 Å². The van der Waals surface area contributed by atoms with E-state index >= 15 is 0 Å². The number of nitrogens with zero attached hydrogens (tertiary/aromatic N) is 6. The molecule has 0 spiro atoms. The van der Waals surface area contributed by atoms with Crippen LogP contribution in [0, 0.1) is 5.41 Å². The van der Waals surface area contributed by atoms with E-state index in [1.807, 2.05) is 36.1 Å². The molecule has 2 aliphatic rings. The topological polar surface area (TPSA) is 126 Å². The van der Waals surface area contributed by atoms with Gasteiger partial charge in [0.2, 0.25) is 5.95 Å². The molecule has 11 heteroatoms. The van der Waals surface area contributed by atoms with Crippen molar-refractivity contribution in [2.24, 2.45) is 5.41 Å². The predicted octanol–water partition coefficient (Wildman–Crippen LogP) is 3.76. The Morgan fingerprint density at radius 1 is 1.13 bits per heavy atom. The number of hydrogen-bond acceptors (Lipinski definition) is 10. The summed E-state index contributed by atoms with van der Waals surface area (Å²) in [6.07, 6.45) is 7.52. The largest absolute Gasteiger partial charge is 0.490 e. The minimum absolute atomic E-state index is 0.000680. The highest BCUT2D eigenvalue weighted by Gasteiger charge is 2.41. The summed E-state index contributed by atoms with van der Waals surface area (Å²) in [6, 6.07) is 9.54. The SMILES string of the molecule is CCOc1ccccc1O[C@@H]1CCCN(c2cncc(Nc3nccc(N4CCC(C)(C(=O)O)C4)n3)n2)C1. The van der Waals surface area contributed by atoms with Crippen molar-refractivity contribution in [3.63, 3.8) is 0 Å². The van der Waals surface area contributed by atoms with Crippen molar-refractivity contribution in [2.45, 2.75) is 39.2 Å². The molecule has 2 N–H and O–H groups in total. The number of aromatic nitrogens is 4. The van der Waals surface area contributed by atoms with Gasteiger partial charge >= 0.3 is 5.97 Å². The number of para-hydroxylation sites is 2. The van der Waals surface area contributed by atoms with Crippen molar-refractivity contribution in [3.05, 3.63) is 48.9 Å². The smallest absolute Gasteiger partial charge is 0.311 e. The lowest BCUT2D eigenvalue weighted by Gasteiger charge is -2.33. The summed E-state index contributed by atoms with van der Waals surface area (Å²) in [5.74, 6) is 3.05. The molecule has 4 heterocycles. The maximum Gasteiger partial charge on any atom is 0.311 e. The van der Waals surface area contributed by atoms with Crippen LogP contribution in [0.4, 0.5) is 23.4 Å². The average molecular weight is 520 g/mol. The molecule has 0 saturated carbocycles. The number of rotatable bonds is 9. The Morgan fingerprint density at radius 2 is 1.97 bits per heavy atom. The summed E-state index contributed by atoms with van der Waals surface area (Å²) in [5, 5.41) is 12.7. The molecule has 0 aliphatic carbocycles. The van der Waals surface area contributed by atoms with E-state index in [-0.39, 0.29) is 6.10 Å². The highest BCUT2D eigenvalue weighted by atomic mass is 16.5. The summed E-state index contributed by atoms with van der Waals surface area (Å²) in [4.78, 5) is 33.8. The molecule has 0 radical (unpaired) electrons. The molecule has 0 amide bonds. The zero-order valence-electron chi connectivity index (χ0n) is 21.7. The van der Waals surface area contributed by atoms with Crippen LogP contribution in [0.15, 0.2) is 48.9 Å². The molecule has 200 valence electrons. The summed E-state index contributed by atoms with van der Waals surface area (Å²) < 4.78 is 12.0. The maximum atomic E-state index is 11.6. The van der Waals surface area contributed by atoms with E-state index in [1.54, 1.807) is 31.6 Å². The predicted molar refractivity (Wildman–Crippen MR) is 143 cm³/mol. The Bertz CT molecular complexity index is 1280. The molecular formula is C27H33N7O4. The second-order valence-corrected chi connectivity index (χ2v) is 9.87. The second-order valence-electron chi connectivity index (χ2n) is 9.87. The van der Waals surface area contributed by atoms with Crippen LogP contribution in [0.25, 0.3) is 0 Å². The van der Waals surface area contributed by atoms with Crippen molar-refractivity contribution in [3.8, 4) is 11.5 Å². The molecule has 38 heavy (non-hydrogen) atoms. The first-order valence-corrected chi connectivity index (χ1v) is 13.0. The van der Waals surface area contributed by atoms with Crippen molar-refractivity contribution >= 4 is 29.4 Å². The number of piperidine rings is 1. The third-order valence-electron chi connectivity index (χ3n) is 6.96. The number of anilines is 4. The van der Waals surface area contributed by atoms with Crippen LogP contribution in [0.3, 0.4) is 0 Å². The molecular weight excluding hydrogens is 486 g/mol. The quantitative estimate of drug-likeness (QED) is 0.429. The van der Waals surface area contributed by atoms with Crippen molar-refractivity contribution in [2.75, 3.05) is 47.9 Å². The van der Waals surface area contributed by atoms with Crippen molar-refractivity contribution in [1.82, 2.24) is 19.9 Å². The van der Waals surface area contributed by atoms with Gasteiger partial charge < -0.3 is 29.7 Å². The lowest BCUT2D eigenvalue weighted by molar-refractivity contribution is -0.146. The molecule has 2 aliphatic heterocycles. The first-order chi connectivity index (χ1) is 18.4. The number of hydrogen-bond donors (Lipinski definition) is 2. The number of carboxylic acid groups (broad SMARTS) is 1. The van der Waals surface area contributed by atoms with E-state index in [1.165, 1.54) is 0 Å². The number of carboxylic acids is 1. The Balaban J connectivity index is 1.25. The third kappa shape index (κ3) is 5.71. The molecule has 2 atom stereocenters.